The van der Waals surface area contributed by atoms with Crippen molar-refractivity contribution in [1.82, 2.24) is 15.4 Å². The average molecular weight is 266 g/mol. The molecule has 0 amide bonds. The van der Waals surface area contributed by atoms with Crippen LogP contribution >= 0.6 is 12.4 Å². The summed E-state index contributed by atoms with van der Waals surface area (Å²) in [7, 11) is 0. The maximum absolute atomic E-state index is 9.20. The minimum atomic E-state index is 0. The summed E-state index contributed by atoms with van der Waals surface area (Å²) in [5.74, 6) is 0.993. The Labute approximate surface area is 110 Å². The summed E-state index contributed by atoms with van der Waals surface area (Å²) in [4.78, 5) is 4.14. The predicted octanol–water partition coefficient (Wildman–Crippen LogP) is 2.25. The summed E-state index contributed by atoms with van der Waals surface area (Å²) >= 11 is 0. The zero-order chi connectivity index (χ0) is 12.3. The van der Waals surface area contributed by atoms with Crippen molar-refractivity contribution in [3.8, 4) is 17.4 Å². The van der Waals surface area contributed by atoms with Gasteiger partial charge >= 0.3 is 0 Å². The van der Waals surface area contributed by atoms with Gasteiger partial charge in [-0.15, -0.1) is 17.5 Å². The molecule has 2 rings (SSSR count). The summed E-state index contributed by atoms with van der Waals surface area (Å²) in [6.07, 6.45) is 3.08. The number of halogens is 1. The van der Waals surface area contributed by atoms with Crippen LogP contribution in [0.1, 0.15) is 19.4 Å². The van der Waals surface area contributed by atoms with Crippen LogP contribution in [0.5, 0.6) is 0 Å². The second-order valence-corrected chi connectivity index (χ2v) is 3.77. The first-order chi connectivity index (χ1) is 8.22. The molecule has 6 nitrogen and oxygen atoms in total. The van der Waals surface area contributed by atoms with Crippen molar-refractivity contribution in [2.75, 3.05) is 5.32 Å². The van der Waals surface area contributed by atoms with E-state index in [1.54, 1.807) is 12.3 Å². The highest BCUT2D eigenvalue weighted by molar-refractivity contribution is 5.85. The largest absolute Gasteiger partial charge is 0.367 e. The van der Waals surface area contributed by atoms with Gasteiger partial charge < -0.3 is 9.84 Å². The van der Waals surface area contributed by atoms with Gasteiger partial charge in [-0.05, 0) is 19.9 Å². The molecular formula is C11H12ClN5O. The summed E-state index contributed by atoms with van der Waals surface area (Å²) in [5, 5.41) is 19.3. The molecule has 0 atom stereocenters. The number of anilines is 1. The van der Waals surface area contributed by atoms with Gasteiger partial charge in [-0.2, -0.15) is 5.26 Å². The van der Waals surface area contributed by atoms with Gasteiger partial charge in [0, 0.05) is 23.1 Å². The molecule has 2 aromatic heterocycles. The molecule has 0 aromatic carbocycles. The Hall–Kier alpha value is -2.13. The first-order valence-corrected chi connectivity index (χ1v) is 5.15. The lowest BCUT2D eigenvalue weighted by Crippen LogP contribution is -2.12. The molecule has 0 aliphatic heterocycles. The fraction of sp³-hybridized carbons (Fsp3) is 0.273. The van der Waals surface area contributed by atoms with Gasteiger partial charge in [-0.3, -0.25) is 0 Å². The quantitative estimate of drug-likeness (QED) is 0.916. The van der Waals surface area contributed by atoms with Crippen LogP contribution < -0.4 is 5.32 Å². The monoisotopic (exact) mass is 265 g/mol. The van der Waals surface area contributed by atoms with Gasteiger partial charge in [-0.25, -0.2) is 4.98 Å². The van der Waals surface area contributed by atoms with Crippen LogP contribution in [0.4, 0.5) is 5.82 Å². The fourth-order valence-corrected chi connectivity index (χ4v) is 1.45. The van der Waals surface area contributed by atoms with E-state index in [1.807, 2.05) is 13.8 Å². The number of nitriles is 1. The van der Waals surface area contributed by atoms with Gasteiger partial charge in [0.15, 0.2) is 5.76 Å². The predicted molar refractivity (Wildman–Crippen MR) is 68.3 cm³/mol. The summed E-state index contributed by atoms with van der Waals surface area (Å²) in [6.45, 7) is 3.96. The van der Waals surface area contributed by atoms with E-state index in [9.17, 15) is 5.26 Å². The van der Waals surface area contributed by atoms with Crippen molar-refractivity contribution in [2.24, 2.45) is 0 Å². The van der Waals surface area contributed by atoms with Crippen molar-refractivity contribution < 1.29 is 4.52 Å². The van der Waals surface area contributed by atoms with Crippen LogP contribution in [-0.2, 0) is 0 Å². The van der Waals surface area contributed by atoms with E-state index in [0.717, 1.165) is 0 Å². The molecule has 2 heterocycles. The van der Waals surface area contributed by atoms with Crippen LogP contribution in [0.2, 0.25) is 0 Å². The number of pyridine rings is 1. The van der Waals surface area contributed by atoms with Crippen LogP contribution in [0.15, 0.2) is 23.0 Å². The van der Waals surface area contributed by atoms with E-state index in [2.05, 4.69) is 26.7 Å². The van der Waals surface area contributed by atoms with Gasteiger partial charge in [0.1, 0.15) is 17.5 Å². The number of aromatic nitrogens is 3. The molecule has 0 aliphatic rings. The zero-order valence-electron chi connectivity index (χ0n) is 9.91. The van der Waals surface area contributed by atoms with Crippen molar-refractivity contribution in [3.63, 3.8) is 0 Å². The molecule has 2 aromatic rings. The van der Waals surface area contributed by atoms with Crippen molar-refractivity contribution in [1.29, 1.82) is 5.26 Å². The maximum Gasteiger partial charge on any atom is 0.188 e. The van der Waals surface area contributed by atoms with Gasteiger partial charge in [0.25, 0.3) is 0 Å². The molecule has 0 saturated carbocycles. The Morgan fingerprint density at radius 1 is 1.44 bits per heavy atom. The van der Waals surface area contributed by atoms with Crippen molar-refractivity contribution >= 4 is 18.2 Å². The van der Waals surface area contributed by atoms with Crippen LogP contribution in [0.25, 0.3) is 11.3 Å². The lowest BCUT2D eigenvalue weighted by Gasteiger charge is -2.11. The molecule has 0 bridgehead atoms. The molecule has 94 valence electrons. The Morgan fingerprint density at radius 2 is 2.22 bits per heavy atom. The number of nitrogens with one attached hydrogen (secondary N) is 1. The van der Waals surface area contributed by atoms with E-state index in [4.69, 9.17) is 4.52 Å². The van der Waals surface area contributed by atoms with Crippen molar-refractivity contribution in [2.45, 2.75) is 19.9 Å². The first kappa shape index (κ1) is 13.9. The highest BCUT2D eigenvalue weighted by atomic mass is 35.5. The van der Waals surface area contributed by atoms with Crippen LogP contribution in [-0.4, -0.2) is 21.4 Å². The van der Waals surface area contributed by atoms with E-state index in [0.29, 0.717) is 22.7 Å². The summed E-state index contributed by atoms with van der Waals surface area (Å²) in [5.41, 5.74) is 1.07. The Balaban J connectivity index is 0.00000162. The fourth-order valence-electron chi connectivity index (χ4n) is 1.45. The van der Waals surface area contributed by atoms with E-state index >= 15 is 0 Å². The Kier molecular flexibility index (Phi) is 4.63. The lowest BCUT2D eigenvalue weighted by molar-refractivity contribution is 0.403. The van der Waals surface area contributed by atoms with Crippen molar-refractivity contribution in [3.05, 3.63) is 24.0 Å². The SMILES string of the molecule is CC(C)Nc1nccc(-c2cnno2)c1C#N.Cl. The topological polar surface area (TPSA) is 87.6 Å². The van der Waals surface area contributed by atoms with E-state index < -0.39 is 0 Å². The highest BCUT2D eigenvalue weighted by Gasteiger charge is 2.14. The molecule has 0 aliphatic carbocycles. The lowest BCUT2D eigenvalue weighted by atomic mass is 10.1. The smallest absolute Gasteiger partial charge is 0.188 e. The normalized spacial score (nSPS) is 9.67. The summed E-state index contributed by atoms with van der Waals surface area (Å²) < 4.78 is 4.95. The standard InChI is InChI=1S/C11H11N5O.ClH/c1-7(2)15-11-9(5-12)8(3-4-13-11)10-6-14-16-17-10;/h3-4,6-7H,1-2H3,(H,13,15);1H. The minimum absolute atomic E-state index is 0. The van der Waals surface area contributed by atoms with Gasteiger partial charge in [0.05, 0.1) is 6.20 Å². The number of nitrogens with zero attached hydrogens (tertiary/aromatic N) is 4. The molecule has 0 fully saturated rings. The van der Waals surface area contributed by atoms with Crippen LogP contribution in [0.3, 0.4) is 0 Å². The number of hydrogen-bond acceptors (Lipinski definition) is 6. The molecule has 0 saturated heterocycles. The number of hydrogen-bond donors (Lipinski definition) is 1. The maximum atomic E-state index is 9.20. The second kappa shape index (κ2) is 5.98. The van der Waals surface area contributed by atoms with E-state index in [-0.39, 0.29) is 18.4 Å². The number of rotatable bonds is 3. The van der Waals surface area contributed by atoms with Gasteiger partial charge in [0.2, 0.25) is 0 Å². The third kappa shape index (κ3) is 2.76. The Bertz CT molecular complexity index is 547. The molecular weight excluding hydrogens is 254 g/mol. The minimum Gasteiger partial charge on any atom is -0.367 e. The zero-order valence-corrected chi connectivity index (χ0v) is 10.7. The average Bonchev–Trinajstić information content (AvgIpc) is 2.81. The molecule has 7 heteroatoms. The first-order valence-electron chi connectivity index (χ1n) is 5.15. The second-order valence-electron chi connectivity index (χ2n) is 3.77. The van der Waals surface area contributed by atoms with E-state index in [1.165, 1.54) is 6.20 Å². The molecule has 0 spiro atoms. The highest BCUT2D eigenvalue weighted by Crippen LogP contribution is 2.26. The Morgan fingerprint density at radius 3 is 2.78 bits per heavy atom. The molecule has 1 N–H and O–H groups in total. The molecule has 18 heavy (non-hydrogen) atoms. The third-order valence-electron chi connectivity index (χ3n) is 2.11. The van der Waals surface area contributed by atoms with Crippen LogP contribution in [0, 0.1) is 11.3 Å². The third-order valence-corrected chi connectivity index (χ3v) is 2.11. The summed E-state index contributed by atoms with van der Waals surface area (Å²) in [6, 6.07) is 4.01. The molecule has 0 radical (unpaired) electrons. The molecule has 0 unspecified atom stereocenters. The van der Waals surface area contributed by atoms with Gasteiger partial charge in [-0.1, -0.05) is 0 Å².